The maximum atomic E-state index is 13.4. The van der Waals surface area contributed by atoms with Crippen LogP contribution >= 0.6 is 24.8 Å². The van der Waals surface area contributed by atoms with Gasteiger partial charge < -0.3 is 10.6 Å². The first kappa shape index (κ1) is 24.4. The second-order valence-corrected chi connectivity index (χ2v) is 8.36. The monoisotopic (exact) mass is 457 g/mol. The molecular formula is C20H29Cl2N5O3. The Bertz CT molecular complexity index is 1050. The highest BCUT2D eigenvalue weighted by Gasteiger charge is 2.33. The molecule has 0 radical (unpaired) electrons. The van der Waals surface area contributed by atoms with Gasteiger partial charge in [0.1, 0.15) is 0 Å². The van der Waals surface area contributed by atoms with Gasteiger partial charge in [-0.05, 0) is 37.7 Å². The van der Waals surface area contributed by atoms with E-state index >= 15 is 0 Å². The normalized spacial score (nSPS) is 18.4. The molecule has 30 heavy (non-hydrogen) atoms. The average molecular weight is 458 g/mol. The predicted octanol–water partition coefficient (Wildman–Crippen LogP) is 2.03. The number of fused-ring (bicyclic) bond motifs is 1. The van der Waals surface area contributed by atoms with Crippen molar-refractivity contribution in [1.82, 2.24) is 19.4 Å². The summed E-state index contributed by atoms with van der Waals surface area (Å²) in [5.41, 5.74) is 6.27. The van der Waals surface area contributed by atoms with Gasteiger partial charge in [-0.15, -0.1) is 24.8 Å². The number of nitrogens with zero attached hydrogens (tertiary/aromatic N) is 3. The number of aromatic nitrogens is 3. The Balaban J connectivity index is 0.00000160. The third-order valence-corrected chi connectivity index (χ3v) is 5.65. The second-order valence-electron chi connectivity index (χ2n) is 8.36. The van der Waals surface area contributed by atoms with E-state index in [2.05, 4.69) is 9.97 Å². The minimum absolute atomic E-state index is 0. The number of halogens is 2. The molecular weight excluding hydrogens is 429 g/mol. The zero-order valence-electron chi connectivity index (χ0n) is 17.2. The first-order valence-corrected chi connectivity index (χ1v) is 10.1. The molecule has 1 unspecified atom stereocenters. The van der Waals surface area contributed by atoms with Gasteiger partial charge in [0.15, 0.2) is 5.65 Å². The topological polar surface area (TPSA) is 114 Å². The lowest BCUT2D eigenvalue weighted by Gasteiger charge is -2.24. The standard InChI is InChI=1S/C20H27N5O3.2ClH/c1-11(2)10-25-17-16(18(26)23-20(25)28)14(8-15(22-17)12-5-6-12)19(27)24-7-3-4-13(24)9-21;;/h8,11-13H,3-7,9-10,21H2,1-2H3,(H,23,26,28);2*1H. The third-order valence-electron chi connectivity index (χ3n) is 5.65. The van der Waals surface area contributed by atoms with Crippen molar-refractivity contribution in [2.24, 2.45) is 11.7 Å². The van der Waals surface area contributed by atoms with E-state index in [1.807, 2.05) is 13.8 Å². The van der Waals surface area contributed by atoms with E-state index in [1.165, 1.54) is 4.57 Å². The molecule has 2 fully saturated rings. The fourth-order valence-electron chi connectivity index (χ4n) is 4.09. The van der Waals surface area contributed by atoms with Crippen LogP contribution in [0.15, 0.2) is 15.7 Å². The van der Waals surface area contributed by atoms with Gasteiger partial charge in [-0.25, -0.2) is 9.78 Å². The van der Waals surface area contributed by atoms with Crippen molar-refractivity contribution in [3.8, 4) is 0 Å². The smallest absolute Gasteiger partial charge is 0.330 e. The summed E-state index contributed by atoms with van der Waals surface area (Å²) in [6.45, 7) is 5.45. The second kappa shape index (κ2) is 9.49. The number of amides is 1. The molecule has 4 rings (SSSR count). The SMILES string of the molecule is CC(C)Cn1c(=O)[nH]c(=O)c2c(C(=O)N3CCCC3CN)cc(C3CC3)nc21.Cl.Cl. The van der Waals surface area contributed by atoms with Crippen LogP contribution in [0.5, 0.6) is 0 Å². The van der Waals surface area contributed by atoms with Crippen LogP contribution in [0, 0.1) is 5.92 Å². The molecule has 1 amide bonds. The fourth-order valence-corrected chi connectivity index (χ4v) is 4.09. The summed E-state index contributed by atoms with van der Waals surface area (Å²) in [6.07, 6.45) is 3.80. The van der Waals surface area contributed by atoms with Crippen LogP contribution in [0.4, 0.5) is 0 Å². The van der Waals surface area contributed by atoms with E-state index in [0.29, 0.717) is 36.8 Å². The van der Waals surface area contributed by atoms with Crippen LogP contribution in [0.25, 0.3) is 11.0 Å². The van der Waals surface area contributed by atoms with E-state index in [1.54, 1.807) is 11.0 Å². The minimum atomic E-state index is -0.554. The molecule has 166 valence electrons. The largest absolute Gasteiger partial charge is 0.334 e. The van der Waals surface area contributed by atoms with E-state index in [4.69, 9.17) is 5.73 Å². The van der Waals surface area contributed by atoms with Crippen LogP contribution < -0.4 is 17.0 Å². The number of pyridine rings is 1. The lowest BCUT2D eigenvalue weighted by atomic mass is 10.1. The Hall–Kier alpha value is -1.90. The van der Waals surface area contributed by atoms with E-state index in [9.17, 15) is 14.4 Å². The zero-order valence-corrected chi connectivity index (χ0v) is 18.9. The molecule has 0 aromatic carbocycles. The van der Waals surface area contributed by atoms with Crippen LogP contribution in [0.1, 0.15) is 61.5 Å². The van der Waals surface area contributed by atoms with Crippen molar-refractivity contribution in [1.29, 1.82) is 0 Å². The quantitative estimate of drug-likeness (QED) is 0.712. The first-order chi connectivity index (χ1) is 13.4. The molecule has 3 N–H and O–H groups in total. The van der Waals surface area contributed by atoms with Gasteiger partial charge >= 0.3 is 5.69 Å². The Morgan fingerprint density at radius 3 is 2.57 bits per heavy atom. The Morgan fingerprint density at radius 1 is 1.27 bits per heavy atom. The maximum absolute atomic E-state index is 13.4. The number of H-pyrrole nitrogens is 1. The summed E-state index contributed by atoms with van der Waals surface area (Å²) < 4.78 is 1.49. The highest BCUT2D eigenvalue weighted by atomic mass is 35.5. The van der Waals surface area contributed by atoms with Gasteiger partial charge in [-0.1, -0.05) is 13.8 Å². The number of rotatable bonds is 5. The van der Waals surface area contributed by atoms with Crippen molar-refractivity contribution in [2.45, 2.75) is 58.0 Å². The number of nitrogens with one attached hydrogen (secondary N) is 1. The molecule has 0 bridgehead atoms. The van der Waals surface area contributed by atoms with Crippen molar-refractivity contribution in [2.75, 3.05) is 13.1 Å². The summed E-state index contributed by atoms with van der Waals surface area (Å²) in [4.78, 5) is 47.4. The molecule has 10 heteroatoms. The Morgan fingerprint density at radius 2 is 1.97 bits per heavy atom. The molecule has 1 saturated carbocycles. The van der Waals surface area contributed by atoms with Gasteiger partial charge in [-0.3, -0.25) is 19.1 Å². The van der Waals surface area contributed by atoms with Gasteiger partial charge in [-0.2, -0.15) is 0 Å². The number of likely N-dealkylation sites (tertiary alicyclic amines) is 1. The third kappa shape index (κ3) is 4.40. The van der Waals surface area contributed by atoms with E-state index in [0.717, 1.165) is 31.4 Å². The number of nitrogens with two attached hydrogens (primary N) is 1. The molecule has 3 heterocycles. The van der Waals surface area contributed by atoms with Gasteiger partial charge in [0.05, 0.1) is 10.9 Å². The number of hydrogen-bond acceptors (Lipinski definition) is 5. The van der Waals surface area contributed by atoms with Gasteiger partial charge in [0.2, 0.25) is 0 Å². The summed E-state index contributed by atoms with van der Waals surface area (Å²) in [5, 5.41) is 0.206. The van der Waals surface area contributed by atoms with E-state index < -0.39 is 11.2 Å². The van der Waals surface area contributed by atoms with Crippen molar-refractivity contribution in [3.63, 3.8) is 0 Å². The molecule has 2 aromatic rings. The fraction of sp³-hybridized carbons (Fsp3) is 0.600. The summed E-state index contributed by atoms with van der Waals surface area (Å²) >= 11 is 0. The van der Waals surface area contributed by atoms with Crippen LogP contribution in [-0.2, 0) is 6.54 Å². The average Bonchev–Trinajstić information content (AvgIpc) is 3.40. The van der Waals surface area contributed by atoms with Crippen molar-refractivity contribution < 1.29 is 4.79 Å². The number of carbonyl (C=O) groups is 1. The van der Waals surface area contributed by atoms with Crippen molar-refractivity contribution in [3.05, 3.63) is 38.2 Å². The minimum Gasteiger partial charge on any atom is -0.334 e. The molecule has 0 spiro atoms. The molecule has 1 atom stereocenters. The van der Waals surface area contributed by atoms with Gasteiger partial charge in [0, 0.05) is 37.3 Å². The number of aromatic amines is 1. The lowest BCUT2D eigenvalue weighted by Crippen LogP contribution is -2.41. The highest BCUT2D eigenvalue weighted by molar-refractivity contribution is 6.05. The Labute approximate surface area is 187 Å². The summed E-state index contributed by atoms with van der Waals surface area (Å²) in [6, 6.07) is 1.74. The van der Waals surface area contributed by atoms with Crippen LogP contribution in [0.3, 0.4) is 0 Å². The zero-order chi connectivity index (χ0) is 20.0. The van der Waals surface area contributed by atoms with Crippen molar-refractivity contribution >= 4 is 41.8 Å². The first-order valence-electron chi connectivity index (χ1n) is 10.1. The van der Waals surface area contributed by atoms with Crippen LogP contribution in [0.2, 0.25) is 0 Å². The molecule has 2 aromatic heterocycles. The molecule has 8 nitrogen and oxygen atoms in total. The summed E-state index contributed by atoms with van der Waals surface area (Å²) in [7, 11) is 0. The lowest BCUT2D eigenvalue weighted by molar-refractivity contribution is 0.0743. The predicted molar refractivity (Wildman–Crippen MR) is 121 cm³/mol. The number of carbonyl (C=O) groups excluding carboxylic acids is 1. The molecule has 1 saturated heterocycles. The maximum Gasteiger partial charge on any atom is 0.330 e. The summed E-state index contributed by atoms with van der Waals surface area (Å²) in [5.74, 6) is 0.293. The molecule has 1 aliphatic heterocycles. The molecule has 1 aliphatic carbocycles. The number of hydrogen-bond donors (Lipinski definition) is 2. The Kier molecular flexibility index (Phi) is 7.71. The molecule has 2 aliphatic rings. The van der Waals surface area contributed by atoms with Gasteiger partial charge in [0.25, 0.3) is 11.5 Å². The highest BCUT2D eigenvalue weighted by Crippen LogP contribution is 2.40. The van der Waals surface area contributed by atoms with E-state index in [-0.39, 0.29) is 48.1 Å². The van der Waals surface area contributed by atoms with Crippen LogP contribution in [-0.4, -0.2) is 44.5 Å².